The summed E-state index contributed by atoms with van der Waals surface area (Å²) in [5, 5.41) is 7.46. The Labute approximate surface area is 122 Å². The number of methoxy groups -OCH3 is 1. The predicted octanol–water partition coefficient (Wildman–Crippen LogP) is 3.01. The molecule has 2 aromatic carbocycles. The number of ether oxygens (including phenoxy) is 2. The van der Waals surface area contributed by atoms with Crippen LogP contribution in [-0.4, -0.2) is 12.9 Å². The molecule has 0 atom stereocenters. The van der Waals surface area contributed by atoms with Crippen LogP contribution in [-0.2, 0) is 6.61 Å². The van der Waals surface area contributed by atoms with Gasteiger partial charge in [-0.05, 0) is 48.4 Å². The summed E-state index contributed by atoms with van der Waals surface area (Å²) in [6.07, 6.45) is 0. The fourth-order valence-corrected chi connectivity index (χ4v) is 1.92. The predicted molar refractivity (Wildman–Crippen MR) is 79.5 cm³/mol. The molecule has 2 aromatic rings. The highest BCUT2D eigenvalue weighted by molar-refractivity contribution is 5.97. The lowest BCUT2D eigenvalue weighted by atomic mass is 10.1. The van der Waals surface area contributed by atoms with Crippen molar-refractivity contribution >= 4 is 5.84 Å². The highest BCUT2D eigenvalue weighted by Crippen LogP contribution is 2.22. The average molecular weight is 288 g/mol. The number of amidine groups is 1. The van der Waals surface area contributed by atoms with Crippen molar-refractivity contribution < 1.29 is 13.9 Å². The van der Waals surface area contributed by atoms with Gasteiger partial charge in [-0.2, -0.15) is 0 Å². The monoisotopic (exact) mass is 288 g/mol. The highest BCUT2D eigenvalue weighted by atomic mass is 19.1. The maximum Gasteiger partial charge on any atom is 0.130 e. The molecule has 0 saturated heterocycles. The topological polar surface area (TPSA) is 68.3 Å². The summed E-state index contributed by atoms with van der Waals surface area (Å²) in [6.45, 7) is 2.01. The molecule has 0 unspecified atom stereocenters. The van der Waals surface area contributed by atoms with Gasteiger partial charge in [0.1, 0.15) is 29.8 Å². The van der Waals surface area contributed by atoms with Crippen LogP contribution in [0.2, 0.25) is 0 Å². The van der Waals surface area contributed by atoms with Gasteiger partial charge < -0.3 is 15.2 Å². The van der Waals surface area contributed by atoms with Crippen molar-refractivity contribution in [2.24, 2.45) is 5.73 Å². The summed E-state index contributed by atoms with van der Waals surface area (Å²) < 4.78 is 24.0. The van der Waals surface area contributed by atoms with Crippen LogP contribution in [0.5, 0.6) is 11.5 Å². The molecule has 0 radical (unpaired) electrons. The van der Waals surface area contributed by atoms with Crippen LogP contribution in [0, 0.1) is 18.2 Å². The molecule has 0 aliphatic heterocycles. The van der Waals surface area contributed by atoms with Gasteiger partial charge in [0.05, 0.1) is 12.7 Å². The smallest absolute Gasteiger partial charge is 0.130 e. The maximum atomic E-state index is 13.2. The van der Waals surface area contributed by atoms with Crippen LogP contribution in [0.15, 0.2) is 36.4 Å². The largest absolute Gasteiger partial charge is 0.496 e. The van der Waals surface area contributed by atoms with E-state index in [9.17, 15) is 4.39 Å². The lowest BCUT2D eigenvalue weighted by molar-refractivity contribution is 0.304. The Bertz CT molecular complexity index is 671. The van der Waals surface area contributed by atoms with Gasteiger partial charge in [-0.15, -0.1) is 0 Å². The van der Waals surface area contributed by atoms with Crippen molar-refractivity contribution in [3.05, 3.63) is 58.9 Å². The van der Waals surface area contributed by atoms with Crippen molar-refractivity contribution in [3.63, 3.8) is 0 Å². The van der Waals surface area contributed by atoms with Crippen LogP contribution < -0.4 is 15.2 Å². The number of nitrogen functional groups attached to an aromatic ring is 1. The Morgan fingerprint density at radius 2 is 2.00 bits per heavy atom. The van der Waals surface area contributed by atoms with E-state index in [2.05, 4.69) is 0 Å². The number of aryl methyl sites for hydroxylation is 1. The van der Waals surface area contributed by atoms with E-state index in [-0.39, 0.29) is 11.7 Å². The van der Waals surface area contributed by atoms with Gasteiger partial charge in [-0.3, -0.25) is 5.41 Å². The molecule has 0 bridgehead atoms. The summed E-state index contributed by atoms with van der Waals surface area (Å²) in [6, 6.07) is 9.92. The number of rotatable bonds is 5. The Kier molecular flexibility index (Phi) is 4.42. The van der Waals surface area contributed by atoms with Crippen molar-refractivity contribution in [2.75, 3.05) is 7.11 Å². The lowest BCUT2D eigenvalue weighted by Gasteiger charge is -2.11. The maximum absolute atomic E-state index is 13.2. The van der Waals surface area contributed by atoms with Gasteiger partial charge in [0.15, 0.2) is 0 Å². The zero-order chi connectivity index (χ0) is 15.4. The number of hydrogen-bond acceptors (Lipinski definition) is 3. The number of nitrogens with two attached hydrogens (primary N) is 1. The van der Waals surface area contributed by atoms with Gasteiger partial charge in [0.2, 0.25) is 0 Å². The third kappa shape index (κ3) is 3.51. The van der Waals surface area contributed by atoms with Gasteiger partial charge in [0.25, 0.3) is 0 Å². The molecule has 0 spiro atoms. The minimum Gasteiger partial charge on any atom is -0.496 e. The molecule has 5 heteroatoms. The van der Waals surface area contributed by atoms with Crippen molar-refractivity contribution in [2.45, 2.75) is 13.5 Å². The van der Waals surface area contributed by atoms with Crippen LogP contribution in [0.3, 0.4) is 0 Å². The summed E-state index contributed by atoms with van der Waals surface area (Å²) in [7, 11) is 1.52. The van der Waals surface area contributed by atoms with E-state index in [1.54, 1.807) is 31.2 Å². The molecule has 110 valence electrons. The summed E-state index contributed by atoms with van der Waals surface area (Å²) in [5.74, 6) is 0.825. The van der Waals surface area contributed by atoms with Crippen LogP contribution in [0.4, 0.5) is 4.39 Å². The normalized spacial score (nSPS) is 10.2. The second-order valence-corrected chi connectivity index (χ2v) is 4.65. The zero-order valence-corrected chi connectivity index (χ0v) is 11.9. The standard InChI is InChI=1S/C16H17FN2O2/c1-10-7-12(4-6-14(10)17)21-9-11-3-5-13(16(18)19)15(8-11)20-2/h3-8H,9H2,1-2H3,(H3,18,19). The van der Waals surface area contributed by atoms with E-state index in [1.165, 1.54) is 13.2 Å². The Morgan fingerprint density at radius 3 is 2.62 bits per heavy atom. The van der Waals surface area contributed by atoms with Crippen molar-refractivity contribution in [3.8, 4) is 11.5 Å². The van der Waals surface area contributed by atoms with E-state index in [1.807, 2.05) is 6.07 Å². The van der Waals surface area contributed by atoms with E-state index < -0.39 is 0 Å². The summed E-state index contributed by atoms with van der Waals surface area (Å²) in [5.41, 5.74) is 7.43. The van der Waals surface area contributed by atoms with Gasteiger partial charge in [0, 0.05) is 0 Å². The highest BCUT2D eigenvalue weighted by Gasteiger charge is 2.08. The Balaban J connectivity index is 2.13. The molecule has 0 saturated carbocycles. The van der Waals surface area contributed by atoms with Crippen LogP contribution >= 0.6 is 0 Å². The number of nitrogens with one attached hydrogen (secondary N) is 1. The first-order valence-electron chi connectivity index (χ1n) is 6.41. The molecular formula is C16H17FN2O2. The number of hydrogen-bond donors (Lipinski definition) is 2. The Hall–Kier alpha value is -2.56. The second kappa shape index (κ2) is 6.26. The van der Waals surface area contributed by atoms with E-state index in [0.717, 1.165) is 5.56 Å². The molecule has 0 aliphatic rings. The molecule has 0 amide bonds. The number of halogens is 1. The van der Waals surface area contributed by atoms with Gasteiger partial charge in [-0.25, -0.2) is 4.39 Å². The molecule has 0 aromatic heterocycles. The first-order chi connectivity index (χ1) is 10.0. The van der Waals surface area contributed by atoms with E-state index in [0.29, 0.717) is 29.2 Å². The van der Waals surface area contributed by atoms with Gasteiger partial charge in [-0.1, -0.05) is 6.07 Å². The Morgan fingerprint density at radius 1 is 1.24 bits per heavy atom. The first kappa shape index (κ1) is 14.8. The van der Waals surface area contributed by atoms with E-state index in [4.69, 9.17) is 20.6 Å². The minimum atomic E-state index is -0.255. The summed E-state index contributed by atoms with van der Waals surface area (Å²) in [4.78, 5) is 0. The third-order valence-corrected chi connectivity index (χ3v) is 3.09. The molecule has 3 N–H and O–H groups in total. The van der Waals surface area contributed by atoms with E-state index >= 15 is 0 Å². The fourth-order valence-electron chi connectivity index (χ4n) is 1.92. The van der Waals surface area contributed by atoms with Crippen LogP contribution in [0.25, 0.3) is 0 Å². The molecule has 4 nitrogen and oxygen atoms in total. The molecule has 2 rings (SSSR count). The number of benzene rings is 2. The van der Waals surface area contributed by atoms with Crippen LogP contribution in [0.1, 0.15) is 16.7 Å². The van der Waals surface area contributed by atoms with Crippen molar-refractivity contribution in [1.29, 1.82) is 5.41 Å². The molecule has 0 heterocycles. The van der Waals surface area contributed by atoms with Gasteiger partial charge >= 0.3 is 0 Å². The second-order valence-electron chi connectivity index (χ2n) is 4.65. The summed E-state index contributed by atoms with van der Waals surface area (Å²) >= 11 is 0. The van der Waals surface area contributed by atoms with Crippen molar-refractivity contribution in [1.82, 2.24) is 0 Å². The first-order valence-corrected chi connectivity index (χ1v) is 6.41. The zero-order valence-electron chi connectivity index (χ0n) is 11.9. The molecule has 0 aliphatic carbocycles. The third-order valence-electron chi connectivity index (χ3n) is 3.09. The molecule has 0 fully saturated rings. The SMILES string of the molecule is COc1cc(COc2ccc(F)c(C)c2)ccc1C(=N)N. The average Bonchev–Trinajstić information content (AvgIpc) is 2.48. The fraction of sp³-hybridized carbons (Fsp3) is 0.188. The molecular weight excluding hydrogens is 271 g/mol. The molecule has 21 heavy (non-hydrogen) atoms. The minimum absolute atomic E-state index is 0.0477. The quantitative estimate of drug-likeness (QED) is 0.656. The lowest BCUT2D eigenvalue weighted by Crippen LogP contribution is -2.12.